The zero-order valence-electron chi connectivity index (χ0n) is 12.4. The molecule has 1 aliphatic rings. The van der Waals surface area contributed by atoms with E-state index in [0.29, 0.717) is 16.9 Å². The highest BCUT2D eigenvalue weighted by atomic mass is 32.1. The van der Waals surface area contributed by atoms with Crippen LogP contribution in [0, 0.1) is 17.2 Å². The molecular weight excluding hydrogens is 271 g/mol. The zero-order chi connectivity index (χ0) is 14.9. The second-order valence-electron chi connectivity index (χ2n) is 6.80. The molecule has 1 heterocycles. The van der Waals surface area contributed by atoms with E-state index in [1.165, 1.54) is 12.5 Å². The van der Waals surface area contributed by atoms with Gasteiger partial charge in [-0.25, -0.2) is 4.39 Å². The maximum atomic E-state index is 13.6. The molecule has 0 saturated carbocycles. The Balaban J connectivity index is 2.06. The van der Waals surface area contributed by atoms with Crippen LogP contribution in [0.5, 0.6) is 0 Å². The van der Waals surface area contributed by atoms with Crippen LogP contribution in [0.3, 0.4) is 0 Å². The fourth-order valence-corrected chi connectivity index (χ4v) is 2.94. The molecule has 0 bridgehead atoms. The Bertz CT molecular complexity index is 508. The van der Waals surface area contributed by atoms with Crippen LogP contribution >= 0.6 is 12.2 Å². The number of hydrogen-bond acceptors (Lipinski definition) is 2. The van der Waals surface area contributed by atoms with Gasteiger partial charge in [-0.3, -0.25) is 4.90 Å². The minimum absolute atomic E-state index is 0.250. The highest BCUT2D eigenvalue weighted by Crippen LogP contribution is 2.34. The summed E-state index contributed by atoms with van der Waals surface area (Å²) in [5.41, 5.74) is 7.48. The number of nitrogens with zero attached hydrogens (tertiary/aromatic N) is 1. The molecule has 20 heavy (non-hydrogen) atoms. The third-order valence-corrected chi connectivity index (χ3v) is 4.38. The van der Waals surface area contributed by atoms with E-state index in [2.05, 4.69) is 25.7 Å². The second-order valence-corrected chi connectivity index (χ2v) is 7.24. The molecular formula is C16H23FN2S. The zero-order valence-corrected chi connectivity index (χ0v) is 13.3. The third kappa shape index (κ3) is 3.76. The highest BCUT2D eigenvalue weighted by molar-refractivity contribution is 7.80. The van der Waals surface area contributed by atoms with Crippen LogP contribution in [0.25, 0.3) is 0 Å². The molecule has 1 aliphatic heterocycles. The van der Waals surface area contributed by atoms with Gasteiger partial charge in [0.25, 0.3) is 0 Å². The highest BCUT2D eigenvalue weighted by Gasteiger charge is 2.31. The molecule has 2 N–H and O–H groups in total. The van der Waals surface area contributed by atoms with Crippen LogP contribution in [0.15, 0.2) is 18.2 Å². The van der Waals surface area contributed by atoms with Crippen LogP contribution in [-0.4, -0.2) is 23.0 Å². The maximum Gasteiger partial charge on any atom is 0.124 e. The number of nitrogens with two attached hydrogens (primary N) is 1. The molecule has 2 nitrogen and oxygen atoms in total. The average molecular weight is 294 g/mol. The van der Waals surface area contributed by atoms with E-state index in [-0.39, 0.29) is 10.8 Å². The van der Waals surface area contributed by atoms with Crippen LogP contribution < -0.4 is 5.73 Å². The number of likely N-dealkylation sites (tertiary alicyclic amines) is 1. The van der Waals surface area contributed by atoms with Gasteiger partial charge in [-0.05, 0) is 48.1 Å². The van der Waals surface area contributed by atoms with Gasteiger partial charge >= 0.3 is 0 Å². The van der Waals surface area contributed by atoms with E-state index in [0.717, 1.165) is 25.2 Å². The predicted octanol–water partition coefficient (Wildman–Crippen LogP) is 3.33. The van der Waals surface area contributed by atoms with Crippen molar-refractivity contribution in [2.75, 3.05) is 13.1 Å². The van der Waals surface area contributed by atoms with E-state index in [9.17, 15) is 4.39 Å². The summed E-state index contributed by atoms with van der Waals surface area (Å²) < 4.78 is 13.6. The first-order valence-corrected chi connectivity index (χ1v) is 7.48. The average Bonchev–Trinajstić information content (AvgIpc) is 2.76. The van der Waals surface area contributed by atoms with Crippen molar-refractivity contribution in [2.24, 2.45) is 17.1 Å². The number of benzene rings is 1. The first-order valence-electron chi connectivity index (χ1n) is 7.07. The van der Waals surface area contributed by atoms with Gasteiger partial charge in [-0.1, -0.05) is 33.0 Å². The van der Waals surface area contributed by atoms with Gasteiger partial charge in [0.05, 0.1) is 0 Å². The number of hydrogen-bond donors (Lipinski definition) is 1. The predicted molar refractivity (Wildman–Crippen MR) is 85.1 cm³/mol. The summed E-state index contributed by atoms with van der Waals surface area (Å²) in [4.78, 5) is 2.63. The standard InChI is InChI=1S/C16H23FN2S/c1-16(2,3)13-4-5-19(10-13)9-11-6-12(15(18)20)8-14(17)7-11/h6-8,13H,4-5,9-10H2,1-3H3,(H2,18,20). The monoisotopic (exact) mass is 294 g/mol. The van der Waals surface area contributed by atoms with E-state index in [4.69, 9.17) is 18.0 Å². The van der Waals surface area contributed by atoms with Crippen molar-refractivity contribution in [3.63, 3.8) is 0 Å². The summed E-state index contributed by atoms with van der Waals surface area (Å²) in [5, 5.41) is 0. The first kappa shape index (κ1) is 15.4. The van der Waals surface area contributed by atoms with Gasteiger partial charge in [0.15, 0.2) is 0 Å². The molecule has 1 aromatic carbocycles. The van der Waals surface area contributed by atoms with Crippen molar-refractivity contribution in [3.05, 3.63) is 35.1 Å². The van der Waals surface area contributed by atoms with Gasteiger partial charge < -0.3 is 5.73 Å². The van der Waals surface area contributed by atoms with Gasteiger partial charge in [0, 0.05) is 18.7 Å². The van der Waals surface area contributed by atoms with E-state index < -0.39 is 0 Å². The molecule has 1 aromatic rings. The number of thiocarbonyl (C=S) groups is 1. The minimum Gasteiger partial charge on any atom is -0.389 e. The Kier molecular flexibility index (Phi) is 4.45. The summed E-state index contributed by atoms with van der Waals surface area (Å²) in [6.07, 6.45) is 1.21. The summed E-state index contributed by atoms with van der Waals surface area (Å²) in [6.45, 7) is 9.76. The summed E-state index contributed by atoms with van der Waals surface area (Å²) in [7, 11) is 0. The van der Waals surface area contributed by atoms with Gasteiger partial charge in [-0.15, -0.1) is 0 Å². The third-order valence-electron chi connectivity index (χ3n) is 4.15. The summed E-state index contributed by atoms with van der Waals surface area (Å²) in [5.74, 6) is 0.433. The van der Waals surface area contributed by atoms with Crippen LogP contribution in [-0.2, 0) is 6.54 Å². The van der Waals surface area contributed by atoms with Crippen molar-refractivity contribution < 1.29 is 4.39 Å². The lowest BCUT2D eigenvalue weighted by molar-refractivity contribution is 0.226. The molecule has 0 spiro atoms. The number of rotatable bonds is 3. The second kappa shape index (κ2) is 5.78. The fourth-order valence-electron chi connectivity index (χ4n) is 2.83. The molecule has 0 aliphatic carbocycles. The van der Waals surface area contributed by atoms with Crippen LogP contribution in [0.4, 0.5) is 4.39 Å². The minimum atomic E-state index is -0.267. The molecule has 1 unspecified atom stereocenters. The normalized spacial score (nSPS) is 20.3. The Hall–Kier alpha value is -1.00. The fraction of sp³-hybridized carbons (Fsp3) is 0.562. The van der Waals surface area contributed by atoms with Crippen LogP contribution in [0.2, 0.25) is 0 Å². The molecule has 4 heteroatoms. The van der Waals surface area contributed by atoms with Crippen molar-refractivity contribution >= 4 is 17.2 Å². The molecule has 0 radical (unpaired) electrons. The molecule has 1 fully saturated rings. The maximum absolute atomic E-state index is 13.6. The SMILES string of the molecule is CC(C)(C)C1CCN(Cc2cc(F)cc(C(N)=S)c2)C1. The van der Waals surface area contributed by atoms with E-state index >= 15 is 0 Å². The largest absolute Gasteiger partial charge is 0.389 e. The molecule has 2 rings (SSSR count). The summed E-state index contributed by atoms with van der Waals surface area (Å²) in [6, 6.07) is 4.87. The first-order chi connectivity index (χ1) is 9.25. The lowest BCUT2D eigenvalue weighted by Gasteiger charge is -2.27. The lowest BCUT2D eigenvalue weighted by Crippen LogP contribution is -2.26. The Morgan fingerprint density at radius 2 is 2.10 bits per heavy atom. The lowest BCUT2D eigenvalue weighted by atomic mass is 9.80. The van der Waals surface area contributed by atoms with Crippen molar-refractivity contribution in [3.8, 4) is 0 Å². The molecule has 0 amide bonds. The number of halogens is 1. The quantitative estimate of drug-likeness (QED) is 0.867. The van der Waals surface area contributed by atoms with Crippen molar-refractivity contribution in [1.82, 2.24) is 4.90 Å². The van der Waals surface area contributed by atoms with E-state index in [1.54, 1.807) is 6.07 Å². The van der Waals surface area contributed by atoms with Crippen LogP contribution in [0.1, 0.15) is 38.3 Å². The van der Waals surface area contributed by atoms with Gasteiger partial charge in [-0.2, -0.15) is 0 Å². The van der Waals surface area contributed by atoms with Gasteiger partial charge in [0.2, 0.25) is 0 Å². The van der Waals surface area contributed by atoms with E-state index in [1.807, 2.05) is 6.07 Å². The van der Waals surface area contributed by atoms with Gasteiger partial charge in [0.1, 0.15) is 10.8 Å². The van der Waals surface area contributed by atoms with Crippen molar-refractivity contribution in [2.45, 2.75) is 33.7 Å². The topological polar surface area (TPSA) is 29.3 Å². The molecule has 110 valence electrons. The molecule has 0 aromatic heterocycles. The Labute approximate surface area is 126 Å². The Morgan fingerprint density at radius 1 is 1.40 bits per heavy atom. The Morgan fingerprint density at radius 3 is 2.65 bits per heavy atom. The smallest absolute Gasteiger partial charge is 0.124 e. The van der Waals surface area contributed by atoms with Crippen molar-refractivity contribution in [1.29, 1.82) is 0 Å². The molecule has 1 atom stereocenters. The summed E-state index contributed by atoms with van der Waals surface area (Å²) >= 11 is 4.93. The molecule has 1 saturated heterocycles.